The van der Waals surface area contributed by atoms with Gasteiger partial charge in [0, 0.05) is 11.6 Å². The molecule has 0 aliphatic carbocycles. The van der Waals surface area contributed by atoms with Crippen molar-refractivity contribution in [1.82, 2.24) is 0 Å². The number of benzene rings is 2. The zero-order chi connectivity index (χ0) is 20.2. The van der Waals surface area contributed by atoms with E-state index in [9.17, 15) is 9.59 Å². The third kappa shape index (κ3) is 4.77. The van der Waals surface area contributed by atoms with Gasteiger partial charge in [-0.1, -0.05) is 30.3 Å². The average Bonchev–Trinajstić information content (AvgIpc) is 3.17. The molecule has 0 spiro atoms. The quantitative estimate of drug-likeness (QED) is 0.735. The second-order valence-corrected chi connectivity index (χ2v) is 7.92. The van der Waals surface area contributed by atoms with Crippen molar-refractivity contribution in [2.24, 2.45) is 5.92 Å². The Labute approximate surface area is 170 Å². The summed E-state index contributed by atoms with van der Waals surface area (Å²) < 4.78 is 10.7. The van der Waals surface area contributed by atoms with E-state index in [1.807, 2.05) is 6.07 Å². The molecule has 2 aliphatic rings. The molecule has 152 valence electrons. The number of quaternary nitrogens is 1. The molecule has 2 N–H and O–H groups in total. The number of nitrogens with one attached hydrogen (secondary N) is 2. The molecule has 0 atom stereocenters. The highest BCUT2D eigenvalue weighted by molar-refractivity contribution is 6.04. The number of rotatable bonds is 6. The van der Waals surface area contributed by atoms with Gasteiger partial charge in [-0.15, -0.1) is 0 Å². The van der Waals surface area contributed by atoms with Crippen LogP contribution in [0.3, 0.4) is 0 Å². The number of hydrogen-bond donors (Lipinski definition) is 2. The lowest BCUT2D eigenvalue weighted by atomic mass is 9.90. The minimum atomic E-state index is -0.118. The summed E-state index contributed by atoms with van der Waals surface area (Å²) in [7, 11) is 0. The van der Waals surface area contributed by atoms with Crippen LogP contribution in [-0.2, 0) is 11.2 Å². The van der Waals surface area contributed by atoms with Gasteiger partial charge in [-0.25, -0.2) is 0 Å². The van der Waals surface area contributed by atoms with E-state index in [-0.39, 0.29) is 18.5 Å². The summed E-state index contributed by atoms with van der Waals surface area (Å²) in [4.78, 5) is 25.9. The number of carbonyl (C=O) groups excluding carboxylic acids is 2. The number of hydrogen-bond acceptors (Lipinski definition) is 4. The molecular formula is C23H27N2O4+. The molecule has 0 unspecified atom stereocenters. The summed E-state index contributed by atoms with van der Waals surface area (Å²) in [6.45, 7) is 4.00. The fraction of sp³-hybridized carbons (Fsp3) is 0.391. The number of ketones is 1. The summed E-state index contributed by atoms with van der Waals surface area (Å²) in [5.41, 5.74) is 2.32. The minimum Gasteiger partial charge on any atom is -0.454 e. The molecule has 1 amide bonds. The van der Waals surface area contributed by atoms with Crippen LogP contribution in [0.1, 0.15) is 35.7 Å². The number of ether oxygens (including phenoxy) is 2. The van der Waals surface area contributed by atoms with Crippen LogP contribution < -0.4 is 19.7 Å². The van der Waals surface area contributed by atoms with Gasteiger partial charge in [0.15, 0.2) is 23.8 Å². The van der Waals surface area contributed by atoms with Gasteiger partial charge in [-0.05, 0) is 43.7 Å². The van der Waals surface area contributed by atoms with Crippen molar-refractivity contribution in [3.63, 3.8) is 0 Å². The van der Waals surface area contributed by atoms with Crippen LogP contribution in [0, 0.1) is 5.92 Å². The van der Waals surface area contributed by atoms with Crippen LogP contribution >= 0.6 is 0 Å². The van der Waals surface area contributed by atoms with Gasteiger partial charge in [-0.3, -0.25) is 9.59 Å². The second kappa shape index (κ2) is 8.66. The van der Waals surface area contributed by atoms with Crippen LogP contribution in [0.25, 0.3) is 0 Å². The highest BCUT2D eigenvalue weighted by Gasteiger charge is 2.25. The Morgan fingerprint density at radius 2 is 1.76 bits per heavy atom. The largest absolute Gasteiger partial charge is 0.454 e. The van der Waals surface area contributed by atoms with Gasteiger partial charge in [-0.2, -0.15) is 0 Å². The van der Waals surface area contributed by atoms with Gasteiger partial charge in [0.05, 0.1) is 18.8 Å². The van der Waals surface area contributed by atoms with E-state index in [1.165, 1.54) is 17.4 Å². The third-order valence-electron chi connectivity index (χ3n) is 5.76. The molecule has 1 saturated heterocycles. The Morgan fingerprint density at radius 1 is 1.07 bits per heavy atom. The van der Waals surface area contributed by atoms with Crippen molar-refractivity contribution in [3.8, 4) is 11.5 Å². The van der Waals surface area contributed by atoms with E-state index in [0.29, 0.717) is 35.2 Å². The molecule has 4 rings (SSSR count). The monoisotopic (exact) mass is 395 g/mol. The van der Waals surface area contributed by atoms with E-state index >= 15 is 0 Å². The Kier molecular flexibility index (Phi) is 5.81. The Balaban J connectivity index is 1.31. The number of likely N-dealkylation sites (tertiary alicyclic amines) is 1. The molecule has 1 fully saturated rings. The maximum absolute atomic E-state index is 12.6. The van der Waals surface area contributed by atoms with Gasteiger partial charge in [0.1, 0.15) is 0 Å². The number of Topliss-reactive ketones (excluding diaryl/α,β-unsaturated/α-hetero) is 1. The normalized spacial score (nSPS) is 20.3. The molecule has 6 nitrogen and oxygen atoms in total. The predicted octanol–water partition coefficient (Wildman–Crippen LogP) is 2.09. The molecule has 6 heteroatoms. The first-order chi connectivity index (χ1) is 14.1. The van der Waals surface area contributed by atoms with Gasteiger partial charge < -0.3 is 19.7 Å². The second-order valence-electron chi connectivity index (χ2n) is 7.92. The van der Waals surface area contributed by atoms with Crippen LogP contribution in [0.5, 0.6) is 11.5 Å². The third-order valence-corrected chi connectivity index (χ3v) is 5.76. The summed E-state index contributed by atoms with van der Waals surface area (Å²) in [6, 6.07) is 13.9. The number of carbonyl (C=O) groups is 2. The standard InChI is InChI=1S/C23H26N2O4/c1-16(26)19-12-21-22(29-15-28-21)13-20(19)24-23(27)14-25-9-7-18(8-10-25)11-17-5-3-2-4-6-17/h2-6,12-13,18H,7-11,14-15H2,1H3,(H,24,27)/p+1. The van der Waals surface area contributed by atoms with E-state index in [0.717, 1.165) is 32.4 Å². The molecule has 0 aromatic heterocycles. The molecule has 2 aliphatic heterocycles. The highest BCUT2D eigenvalue weighted by atomic mass is 16.7. The number of amides is 1. The van der Waals surface area contributed by atoms with Crippen LogP contribution in [0.4, 0.5) is 5.69 Å². The summed E-state index contributed by atoms with van der Waals surface area (Å²) in [5.74, 6) is 1.58. The molecule has 2 aromatic carbocycles. The van der Waals surface area contributed by atoms with Crippen molar-refractivity contribution in [2.45, 2.75) is 26.2 Å². The topological polar surface area (TPSA) is 69.1 Å². The Morgan fingerprint density at radius 3 is 2.45 bits per heavy atom. The molecular weight excluding hydrogens is 368 g/mol. The smallest absolute Gasteiger partial charge is 0.279 e. The highest BCUT2D eigenvalue weighted by Crippen LogP contribution is 2.37. The molecule has 29 heavy (non-hydrogen) atoms. The molecule has 0 saturated carbocycles. The number of piperidine rings is 1. The fourth-order valence-electron chi connectivity index (χ4n) is 4.17. The lowest BCUT2D eigenvalue weighted by Crippen LogP contribution is -3.14. The molecule has 0 radical (unpaired) electrons. The van der Waals surface area contributed by atoms with Crippen LogP contribution in [0.15, 0.2) is 42.5 Å². The summed E-state index contributed by atoms with van der Waals surface area (Å²) in [6.07, 6.45) is 3.36. The summed E-state index contributed by atoms with van der Waals surface area (Å²) >= 11 is 0. The van der Waals surface area contributed by atoms with Crippen molar-refractivity contribution in [1.29, 1.82) is 0 Å². The maximum atomic E-state index is 12.6. The first-order valence-corrected chi connectivity index (χ1v) is 10.2. The lowest BCUT2D eigenvalue weighted by molar-refractivity contribution is -0.898. The maximum Gasteiger partial charge on any atom is 0.279 e. The minimum absolute atomic E-state index is 0.0807. The Hall–Kier alpha value is -2.86. The summed E-state index contributed by atoms with van der Waals surface area (Å²) in [5, 5.41) is 2.90. The average molecular weight is 395 g/mol. The van der Waals surface area contributed by atoms with E-state index in [2.05, 4.69) is 29.6 Å². The van der Waals surface area contributed by atoms with Gasteiger partial charge >= 0.3 is 0 Å². The van der Waals surface area contributed by atoms with Crippen molar-refractivity contribution in [3.05, 3.63) is 53.6 Å². The molecule has 2 aromatic rings. The van der Waals surface area contributed by atoms with Crippen molar-refractivity contribution < 1.29 is 24.0 Å². The van der Waals surface area contributed by atoms with E-state index in [4.69, 9.17) is 9.47 Å². The van der Waals surface area contributed by atoms with Crippen molar-refractivity contribution >= 4 is 17.4 Å². The van der Waals surface area contributed by atoms with E-state index in [1.54, 1.807) is 12.1 Å². The van der Waals surface area contributed by atoms with Gasteiger partial charge in [0.2, 0.25) is 6.79 Å². The molecule has 0 bridgehead atoms. The zero-order valence-electron chi connectivity index (χ0n) is 16.7. The van der Waals surface area contributed by atoms with E-state index < -0.39 is 0 Å². The van der Waals surface area contributed by atoms with Crippen LogP contribution in [0.2, 0.25) is 0 Å². The zero-order valence-corrected chi connectivity index (χ0v) is 16.7. The number of fused-ring (bicyclic) bond motifs is 1. The fourth-order valence-corrected chi connectivity index (χ4v) is 4.17. The number of anilines is 1. The first-order valence-electron chi connectivity index (χ1n) is 10.2. The van der Waals surface area contributed by atoms with Crippen LogP contribution in [-0.4, -0.2) is 38.1 Å². The first kappa shape index (κ1) is 19.5. The van der Waals surface area contributed by atoms with Gasteiger partial charge in [0.25, 0.3) is 5.91 Å². The predicted molar refractivity (Wildman–Crippen MR) is 110 cm³/mol. The lowest BCUT2D eigenvalue weighted by Gasteiger charge is -2.29. The van der Waals surface area contributed by atoms with Crippen molar-refractivity contribution in [2.75, 3.05) is 31.7 Å². The SMILES string of the molecule is CC(=O)c1cc2c(cc1NC(=O)C[NH+]1CCC(Cc3ccccc3)CC1)OCO2. The Bertz CT molecular complexity index is 889. The molecule has 2 heterocycles.